The maximum absolute atomic E-state index is 14.1. The molecule has 2 N–H and O–H groups in total. The van der Waals surface area contributed by atoms with Crippen LogP contribution in [0.15, 0.2) is 30.3 Å². The molecule has 2 aromatic heterocycles. The molecule has 41 heavy (non-hydrogen) atoms. The van der Waals surface area contributed by atoms with Crippen molar-refractivity contribution in [3.8, 4) is 0 Å². The van der Waals surface area contributed by atoms with Crippen LogP contribution in [0.3, 0.4) is 0 Å². The molecule has 0 radical (unpaired) electrons. The van der Waals surface area contributed by atoms with Crippen LogP contribution >= 0.6 is 11.6 Å². The number of rotatable bonds is 6. The van der Waals surface area contributed by atoms with Gasteiger partial charge in [-0.3, -0.25) is 10.1 Å². The van der Waals surface area contributed by atoms with E-state index >= 15 is 0 Å². The number of nitrogens with zero attached hydrogens (tertiary/aromatic N) is 6. The number of ether oxygens (including phenoxy) is 1. The number of fused-ring (bicyclic) bond motifs is 1. The van der Waals surface area contributed by atoms with Crippen molar-refractivity contribution in [2.24, 2.45) is 0 Å². The highest BCUT2D eigenvalue weighted by molar-refractivity contribution is 6.31. The maximum Gasteiger partial charge on any atom is 0.411 e. The van der Waals surface area contributed by atoms with Crippen LogP contribution in [0, 0.1) is 0 Å². The number of piperazine rings is 1. The number of likely N-dealkylation sites (tertiary alicyclic amines) is 1. The van der Waals surface area contributed by atoms with Crippen molar-refractivity contribution in [1.29, 1.82) is 0 Å². The van der Waals surface area contributed by atoms with E-state index in [4.69, 9.17) is 26.4 Å². The first-order chi connectivity index (χ1) is 19.9. The molecule has 5 heterocycles. The lowest BCUT2D eigenvalue weighted by Crippen LogP contribution is -2.44. The summed E-state index contributed by atoms with van der Waals surface area (Å²) in [5.74, 6) is 1.80. The fourth-order valence-corrected chi connectivity index (χ4v) is 5.92. The molecular formula is C29H37ClN8O3. The quantitative estimate of drug-likeness (QED) is 0.444. The van der Waals surface area contributed by atoms with Crippen LogP contribution in [0.4, 0.5) is 22.1 Å². The zero-order valence-electron chi connectivity index (χ0n) is 23.6. The fourth-order valence-electron chi connectivity index (χ4n) is 5.75. The normalized spacial score (nSPS) is 19.4. The standard InChI is InChI=1S/C29H37ClN8O3/c1-19(2)41-29(40)32-22-8-7-20(30)16-21(22)28(39)37-13-4-3-6-24(37)23-17-26-33-25(35-11-5-12-35)18-27(38(26)34-23)36-14-9-31-10-15-36/h7-8,16-19,24,31H,3-6,9-15H2,1-2H3,(H,32,40)/t24-/m0/s1. The molecule has 1 aromatic carbocycles. The van der Waals surface area contributed by atoms with Crippen molar-refractivity contribution >= 4 is 46.6 Å². The number of benzene rings is 1. The predicted molar refractivity (Wildman–Crippen MR) is 159 cm³/mol. The summed E-state index contributed by atoms with van der Waals surface area (Å²) in [5.41, 5.74) is 2.30. The first-order valence-corrected chi connectivity index (χ1v) is 14.9. The Morgan fingerprint density at radius 3 is 2.56 bits per heavy atom. The third-order valence-corrected chi connectivity index (χ3v) is 8.17. The number of halogens is 1. The Kier molecular flexibility index (Phi) is 7.90. The number of piperidine rings is 1. The molecule has 0 bridgehead atoms. The second-order valence-corrected chi connectivity index (χ2v) is 11.6. The Balaban J connectivity index is 1.34. The van der Waals surface area contributed by atoms with Gasteiger partial charge < -0.3 is 24.8 Å². The van der Waals surface area contributed by atoms with Gasteiger partial charge in [-0.05, 0) is 57.7 Å². The zero-order valence-corrected chi connectivity index (χ0v) is 24.4. The molecule has 0 spiro atoms. The fraction of sp³-hybridized carbons (Fsp3) is 0.517. The molecule has 3 aliphatic rings. The highest BCUT2D eigenvalue weighted by Crippen LogP contribution is 2.35. The average molecular weight is 581 g/mol. The average Bonchev–Trinajstić information content (AvgIpc) is 3.36. The number of nitrogens with one attached hydrogen (secondary N) is 2. The van der Waals surface area contributed by atoms with Gasteiger partial charge in [0.2, 0.25) is 0 Å². The summed E-state index contributed by atoms with van der Waals surface area (Å²) in [5, 5.41) is 11.6. The maximum atomic E-state index is 14.1. The summed E-state index contributed by atoms with van der Waals surface area (Å²) in [6.45, 7) is 9.78. The van der Waals surface area contributed by atoms with Gasteiger partial charge >= 0.3 is 6.09 Å². The van der Waals surface area contributed by atoms with Gasteiger partial charge in [-0.1, -0.05) is 11.6 Å². The van der Waals surface area contributed by atoms with E-state index in [1.807, 2.05) is 15.5 Å². The molecule has 12 heteroatoms. The summed E-state index contributed by atoms with van der Waals surface area (Å²) < 4.78 is 7.19. The van der Waals surface area contributed by atoms with Gasteiger partial charge in [0.05, 0.1) is 29.1 Å². The molecule has 0 aliphatic carbocycles. The van der Waals surface area contributed by atoms with E-state index in [0.717, 1.165) is 81.5 Å². The third kappa shape index (κ3) is 5.78. The molecular weight excluding hydrogens is 544 g/mol. The summed E-state index contributed by atoms with van der Waals surface area (Å²) in [7, 11) is 0. The highest BCUT2D eigenvalue weighted by Gasteiger charge is 2.33. The van der Waals surface area contributed by atoms with E-state index < -0.39 is 6.09 Å². The number of hydrogen-bond acceptors (Lipinski definition) is 8. The SMILES string of the molecule is CC(C)OC(=O)Nc1ccc(Cl)cc1C(=O)N1CCCC[C@H]1c1cc2nc(N3CCC3)cc(N3CCNCC3)n2n1. The van der Waals surface area contributed by atoms with E-state index in [1.165, 1.54) is 6.42 Å². The Hall–Kier alpha value is -3.57. The lowest BCUT2D eigenvalue weighted by Gasteiger charge is -2.35. The number of carbonyl (C=O) groups excluding carboxylic acids is 2. The van der Waals surface area contributed by atoms with E-state index in [0.29, 0.717) is 22.8 Å². The summed E-state index contributed by atoms with van der Waals surface area (Å²) >= 11 is 6.32. The molecule has 3 saturated heterocycles. The van der Waals surface area contributed by atoms with Crippen LogP contribution in [-0.4, -0.2) is 83.4 Å². The van der Waals surface area contributed by atoms with Crippen LogP contribution in [0.1, 0.15) is 61.6 Å². The van der Waals surface area contributed by atoms with Crippen LogP contribution in [-0.2, 0) is 4.74 Å². The molecule has 6 rings (SSSR count). The third-order valence-electron chi connectivity index (χ3n) is 7.93. The van der Waals surface area contributed by atoms with Gasteiger partial charge in [0.1, 0.15) is 11.6 Å². The zero-order chi connectivity index (χ0) is 28.5. The summed E-state index contributed by atoms with van der Waals surface area (Å²) in [4.78, 5) is 38.0. The minimum Gasteiger partial charge on any atom is -0.447 e. The largest absolute Gasteiger partial charge is 0.447 e. The molecule has 2 amide bonds. The molecule has 3 fully saturated rings. The number of aromatic nitrogens is 3. The minimum atomic E-state index is -0.614. The van der Waals surface area contributed by atoms with Gasteiger partial charge in [0, 0.05) is 63.0 Å². The van der Waals surface area contributed by atoms with Crippen molar-refractivity contribution in [2.75, 3.05) is 60.9 Å². The van der Waals surface area contributed by atoms with Crippen molar-refractivity contribution < 1.29 is 14.3 Å². The smallest absolute Gasteiger partial charge is 0.411 e. The van der Waals surface area contributed by atoms with Crippen molar-refractivity contribution in [2.45, 2.75) is 51.7 Å². The molecule has 3 aliphatic heterocycles. The Bertz CT molecular complexity index is 1430. The van der Waals surface area contributed by atoms with Gasteiger partial charge in [-0.15, -0.1) is 0 Å². The first kappa shape index (κ1) is 27.6. The van der Waals surface area contributed by atoms with Crippen molar-refractivity contribution in [3.63, 3.8) is 0 Å². The number of carbonyl (C=O) groups is 2. The van der Waals surface area contributed by atoms with Gasteiger partial charge in [-0.25, -0.2) is 9.78 Å². The number of amides is 2. The van der Waals surface area contributed by atoms with Gasteiger partial charge in [0.15, 0.2) is 5.65 Å². The minimum absolute atomic E-state index is 0.203. The molecule has 218 valence electrons. The van der Waals surface area contributed by atoms with Crippen LogP contribution in [0.2, 0.25) is 5.02 Å². The first-order valence-electron chi connectivity index (χ1n) is 14.6. The molecule has 0 unspecified atom stereocenters. The number of hydrogen-bond donors (Lipinski definition) is 2. The number of anilines is 3. The summed E-state index contributed by atoms with van der Waals surface area (Å²) in [6, 6.07) is 8.85. The Morgan fingerprint density at radius 1 is 1.02 bits per heavy atom. The second-order valence-electron chi connectivity index (χ2n) is 11.2. The molecule has 11 nitrogen and oxygen atoms in total. The van der Waals surface area contributed by atoms with Crippen molar-refractivity contribution in [1.82, 2.24) is 24.8 Å². The lowest BCUT2D eigenvalue weighted by molar-refractivity contribution is 0.0607. The Morgan fingerprint density at radius 2 is 1.83 bits per heavy atom. The monoisotopic (exact) mass is 580 g/mol. The molecule has 0 saturated carbocycles. The molecule has 3 aromatic rings. The Labute approximate surface area is 244 Å². The predicted octanol–water partition coefficient (Wildman–Crippen LogP) is 4.33. The highest BCUT2D eigenvalue weighted by atomic mass is 35.5. The molecule has 1 atom stereocenters. The lowest BCUT2D eigenvalue weighted by atomic mass is 9.98. The van der Waals surface area contributed by atoms with Crippen LogP contribution in [0.25, 0.3) is 5.65 Å². The second kappa shape index (κ2) is 11.7. The van der Waals surface area contributed by atoms with E-state index in [-0.39, 0.29) is 18.1 Å². The summed E-state index contributed by atoms with van der Waals surface area (Å²) in [6.07, 6.45) is 2.94. The van der Waals surface area contributed by atoms with Gasteiger partial charge in [-0.2, -0.15) is 9.61 Å². The van der Waals surface area contributed by atoms with Crippen LogP contribution in [0.5, 0.6) is 0 Å². The van der Waals surface area contributed by atoms with Crippen molar-refractivity contribution in [3.05, 3.63) is 46.6 Å². The topological polar surface area (TPSA) is 107 Å². The van der Waals surface area contributed by atoms with E-state index in [1.54, 1.807) is 32.0 Å². The van der Waals surface area contributed by atoms with E-state index in [2.05, 4.69) is 26.5 Å². The van der Waals surface area contributed by atoms with E-state index in [9.17, 15) is 9.59 Å². The van der Waals surface area contributed by atoms with Gasteiger partial charge in [0.25, 0.3) is 5.91 Å². The van der Waals surface area contributed by atoms with Crippen LogP contribution < -0.4 is 20.4 Å².